The predicted molar refractivity (Wildman–Crippen MR) is 83.0 cm³/mol. The van der Waals surface area contributed by atoms with Crippen molar-refractivity contribution < 1.29 is 4.79 Å². The van der Waals surface area contributed by atoms with Crippen LogP contribution in [-0.2, 0) is 11.2 Å². The highest BCUT2D eigenvalue weighted by atomic mass is 35.5. The van der Waals surface area contributed by atoms with Crippen LogP contribution in [0.3, 0.4) is 0 Å². The Bertz CT molecular complexity index is 456. The summed E-state index contributed by atoms with van der Waals surface area (Å²) in [6, 6.07) is 8.97. The topological polar surface area (TPSA) is 32.3 Å². The van der Waals surface area contributed by atoms with E-state index in [4.69, 9.17) is 11.6 Å². The highest BCUT2D eigenvalue weighted by molar-refractivity contribution is 6.30. The summed E-state index contributed by atoms with van der Waals surface area (Å²) in [6.07, 6.45) is 3.06. The molecule has 3 nitrogen and oxygen atoms in total. The smallest absolute Gasteiger partial charge is 0.219 e. The molecule has 1 aliphatic rings. The molecular weight excluding hydrogens is 272 g/mol. The van der Waals surface area contributed by atoms with E-state index in [1.807, 2.05) is 23.1 Å². The van der Waals surface area contributed by atoms with Gasteiger partial charge in [-0.25, -0.2) is 0 Å². The molecule has 1 aromatic carbocycles. The van der Waals surface area contributed by atoms with Crippen molar-refractivity contribution >= 4 is 17.5 Å². The Morgan fingerprint density at radius 3 is 2.75 bits per heavy atom. The third-order valence-electron chi connectivity index (χ3n) is 3.89. The van der Waals surface area contributed by atoms with E-state index in [1.165, 1.54) is 5.56 Å². The fourth-order valence-electron chi connectivity index (χ4n) is 2.84. The number of halogens is 1. The molecule has 0 radical (unpaired) electrons. The molecule has 1 aliphatic heterocycles. The number of hydrogen-bond acceptors (Lipinski definition) is 2. The number of nitrogens with one attached hydrogen (secondary N) is 1. The summed E-state index contributed by atoms with van der Waals surface area (Å²) in [7, 11) is 0. The largest absolute Gasteiger partial charge is 0.343 e. The zero-order valence-corrected chi connectivity index (χ0v) is 13.0. The van der Waals surface area contributed by atoms with E-state index in [0.717, 1.165) is 37.4 Å². The number of piperidine rings is 1. The van der Waals surface area contributed by atoms with Gasteiger partial charge >= 0.3 is 0 Å². The second-order valence-electron chi connectivity index (χ2n) is 5.68. The molecule has 0 aromatic heterocycles. The molecule has 1 saturated heterocycles. The minimum absolute atomic E-state index is 0.190. The van der Waals surface area contributed by atoms with Crippen LogP contribution in [-0.4, -0.2) is 36.0 Å². The van der Waals surface area contributed by atoms with E-state index in [9.17, 15) is 4.79 Å². The molecule has 1 unspecified atom stereocenters. The van der Waals surface area contributed by atoms with Crippen LogP contribution in [0.5, 0.6) is 0 Å². The van der Waals surface area contributed by atoms with Crippen LogP contribution in [0, 0.1) is 0 Å². The molecule has 4 heteroatoms. The lowest BCUT2D eigenvalue weighted by Crippen LogP contribution is -2.47. The molecule has 0 saturated carbocycles. The number of carbonyl (C=O) groups excluding carboxylic acids is 1. The lowest BCUT2D eigenvalue weighted by molar-refractivity contribution is -0.129. The summed E-state index contributed by atoms with van der Waals surface area (Å²) in [5.74, 6) is 0.190. The summed E-state index contributed by atoms with van der Waals surface area (Å²) in [6.45, 7) is 5.60. The Morgan fingerprint density at radius 2 is 2.15 bits per heavy atom. The van der Waals surface area contributed by atoms with Gasteiger partial charge < -0.3 is 10.2 Å². The maximum Gasteiger partial charge on any atom is 0.219 e. The maximum absolute atomic E-state index is 11.3. The molecule has 2 rings (SSSR count). The second-order valence-corrected chi connectivity index (χ2v) is 6.12. The van der Waals surface area contributed by atoms with Gasteiger partial charge in [-0.3, -0.25) is 4.79 Å². The minimum atomic E-state index is 0.190. The van der Waals surface area contributed by atoms with Crippen molar-refractivity contribution in [2.75, 3.05) is 13.1 Å². The van der Waals surface area contributed by atoms with Crippen LogP contribution >= 0.6 is 11.6 Å². The fourth-order valence-corrected chi connectivity index (χ4v) is 3.05. The van der Waals surface area contributed by atoms with Gasteiger partial charge in [-0.15, -0.1) is 0 Å². The van der Waals surface area contributed by atoms with Gasteiger partial charge in [-0.05, 0) is 43.9 Å². The van der Waals surface area contributed by atoms with E-state index >= 15 is 0 Å². The molecular formula is C16H23ClN2O. The Labute approximate surface area is 126 Å². The van der Waals surface area contributed by atoms with Crippen molar-refractivity contribution in [2.45, 2.75) is 45.2 Å². The average Bonchev–Trinajstić information content (AvgIpc) is 2.39. The summed E-state index contributed by atoms with van der Waals surface area (Å²) < 4.78 is 0. The molecule has 1 heterocycles. The average molecular weight is 295 g/mol. The number of likely N-dealkylation sites (tertiary alicyclic amines) is 1. The van der Waals surface area contributed by atoms with Gasteiger partial charge in [0.15, 0.2) is 0 Å². The molecule has 1 N–H and O–H groups in total. The van der Waals surface area contributed by atoms with E-state index in [1.54, 1.807) is 6.92 Å². The Hall–Kier alpha value is -1.06. The number of amides is 1. The van der Waals surface area contributed by atoms with E-state index in [-0.39, 0.29) is 5.91 Å². The molecule has 0 aliphatic carbocycles. The number of hydrogen-bond donors (Lipinski definition) is 1. The molecule has 0 spiro atoms. The van der Waals surface area contributed by atoms with E-state index in [0.29, 0.717) is 12.1 Å². The molecule has 1 atom stereocenters. The number of rotatable bonds is 4. The zero-order valence-electron chi connectivity index (χ0n) is 12.2. The van der Waals surface area contributed by atoms with Crippen molar-refractivity contribution in [2.24, 2.45) is 0 Å². The third kappa shape index (κ3) is 4.50. The summed E-state index contributed by atoms with van der Waals surface area (Å²) in [4.78, 5) is 13.2. The number of carbonyl (C=O) groups is 1. The van der Waals surface area contributed by atoms with Crippen LogP contribution in [0.15, 0.2) is 24.3 Å². The van der Waals surface area contributed by atoms with Crippen molar-refractivity contribution in [3.63, 3.8) is 0 Å². The van der Waals surface area contributed by atoms with Crippen molar-refractivity contribution in [3.8, 4) is 0 Å². The number of nitrogens with zero attached hydrogens (tertiary/aromatic N) is 1. The summed E-state index contributed by atoms with van der Waals surface area (Å²) in [5, 5.41) is 4.46. The van der Waals surface area contributed by atoms with Gasteiger partial charge in [0.05, 0.1) is 0 Å². The van der Waals surface area contributed by atoms with Crippen LogP contribution in [0.1, 0.15) is 32.3 Å². The lowest BCUT2D eigenvalue weighted by Gasteiger charge is -2.33. The standard InChI is InChI=1S/C16H23ClN2O/c1-12(10-14-4-3-5-15(17)11-14)18-16-6-8-19(9-7-16)13(2)20/h3-5,11-12,16,18H,6-10H2,1-2H3. The van der Waals surface area contributed by atoms with Crippen LogP contribution in [0.4, 0.5) is 0 Å². The molecule has 0 bridgehead atoms. The van der Waals surface area contributed by atoms with Crippen molar-refractivity contribution in [3.05, 3.63) is 34.9 Å². The lowest BCUT2D eigenvalue weighted by atomic mass is 10.0. The summed E-state index contributed by atoms with van der Waals surface area (Å²) in [5.41, 5.74) is 1.26. The minimum Gasteiger partial charge on any atom is -0.343 e. The van der Waals surface area contributed by atoms with Crippen molar-refractivity contribution in [1.82, 2.24) is 10.2 Å². The van der Waals surface area contributed by atoms with Gasteiger partial charge in [0.1, 0.15) is 0 Å². The molecule has 110 valence electrons. The van der Waals surface area contributed by atoms with Crippen LogP contribution in [0.2, 0.25) is 5.02 Å². The SMILES string of the molecule is CC(=O)N1CCC(NC(C)Cc2cccc(Cl)c2)CC1. The van der Waals surface area contributed by atoms with Gasteiger partial charge in [0.25, 0.3) is 0 Å². The van der Waals surface area contributed by atoms with Gasteiger partial charge in [0.2, 0.25) is 5.91 Å². The summed E-state index contributed by atoms with van der Waals surface area (Å²) >= 11 is 6.01. The normalized spacial score (nSPS) is 18.1. The first kappa shape index (κ1) is 15.3. The van der Waals surface area contributed by atoms with Crippen molar-refractivity contribution in [1.29, 1.82) is 0 Å². The van der Waals surface area contributed by atoms with Crippen LogP contribution < -0.4 is 5.32 Å². The van der Waals surface area contributed by atoms with Gasteiger partial charge in [-0.1, -0.05) is 23.7 Å². The van der Waals surface area contributed by atoms with E-state index in [2.05, 4.69) is 18.3 Å². The Morgan fingerprint density at radius 1 is 1.45 bits per heavy atom. The molecule has 1 aromatic rings. The first-order valence-electron chi connectivity index (χ1n) is 7.30. The molecule has 1 amide bonds. The van der Waals surface area contributed by atoms with E-state index < -0.39 is 0 Å². The Kier molecular flexibility index (Phi) is 5.44. The highest BCUT2D eigenvalue weighted by Gasteiger charge is 2.21. The first-order chi connectivity index (χ1) is 9.54. The monoisotopic (exact) mass is 294 g/mol. The second kappa shape index (κ2) is 7.09. The Balaban J connectivity index is 1.78. The predicted octanol–water partition coefficient (Wildman–Crippen LogP) is 2.87. The first-order valence-corrected chi connectivity index (χ1v) is 7.68. The van der Waals surface area contributed by atoms with Gasteiger partial charge in [-0.2, -0.15) is 0 Å². The van der Waals surface area contributed by atoms with Crippen LogP contribution in [0.25, 0.3) is 0 Å². The highest BCUT2D eigenvalue weighted by Crippen LogP contribution is 2.14. The zero-order chi connectivity index (χ0) is 14.5. The molecule has 20 heavy (non-hydrogen) atoms. The third-order valence-corrected chi connectivity index (χ3v) is 4.13. The maximum atomic E-state index is 11.3. The fraction of sp³-hybridized carbons (Fsp3) is 0.562. The number of benzene rings is 1. The molecule has 1 fully saturated rings. The quantitative estimate of drug-likeness (QED) is 0.926. The van der Waals surface area contributed by atoms with Gasteiger partial charge in [0, 0.05) is 37.1 Å².